The predicted octanol–water partition coefficient (Wildman–Crippen LogP) is -1.27. The third-order valence-electron chi connectivity index (χ3n) is 3.93. The summed E-state index contributed by atoms with van der Waals surface area (Å²) in [6, 6.07) is 0. The number of nitrogens with zero attached hydrogens (tertiary/aromatic N) is 3. The Bertz CT molecular complexity index is 380. The molecule has 2 N–H and O–H groups in total. The van der Waals surface area contributed by atoms with E-state index < -0.39 is 5.54 Å². The van der Waals surface area contributed by atoms with Crippen LogP contribution in [0.25, 0.3) is 0 Å². The molecular formula is C14H26N4O3. The number of hydrogen-bond donors (Lipinski definition) is 1. The van der Waals surface area contributed by atoms with Gasteiger partial charge in [-0.05, 0) is 13.8 Å². The van der Waals surface area contributed by atoms with Gasteiger partial charge in [-0.3, -0.25) is 14.5 Å². The van der Waals surface area contributed by atoms with Crippen LogP contribution in [0.4, 0.5) is 0 Å². The number of rotatable bonds is 3. The van der Waals surface area contributed by atoms with Crippen LogP contribution in [-0.4, -0.2) is 91.1 Å². The van der Waals surface area contributed by atoms with E-state index in [0.717, 1.165) is 13.1 Å². The van der Waals surface area contributed by atoms with Crippen LogP contribution in [0.15, 0.2) is 0 Å². The number of nitrogens with two attached hydrogens (primary N) is 1. The second-order valence-electron chi connectivity index (χ2n) is 6.28. The summed E-state index contributed by atoms with van der Waals surface area (Å²) in [5.41, 5.74) is 5.02. The summed E-state index contributed by atoms with van der Waals surface area (Å²) >= 11 is 0. The van der Waals surface area contributed by atoms with Crippen molar-refractivity contribution in [3.05, 3.63) is 0 Å². The lowest BCUT2D eigenvalue weighted by Gasteiger charge is -2.38. The number of piperazine rings is 1. The quantitative estimate of drug-likeness (QED) is 0.702. The highest BCUT2D eigenvalue weighted by molar-refractivity contribution is 5.85. The number of amides is 2. The van der Waals surface area contributed by atoms with E-state index in [1.807, 2.05) is 4.90 Å². The standard InChI is InChI=1S/C14H26N4O3/c1-14(2,15)13(20)18-5-3-16(4-6-18)11-12(19)17-7-9-21-10-8-17/h3-11,15H2,1-2H3. The fraction of sp³-hybridized carbons (Fsp3) is 0.857. The molecule has 2 aliphatic heterocycles. The van der Waals surface area contributed by atoms with Crippen molar-refractivity contribution in [2.75, 3.05) is 59.0 Å². The van der Waals surface area contributed by atoms with Crippen LogP contribution in [-0.2, 0) is 14.3 Å². The molecule has 7 heteroatoms. The van der Waals surface area contributed by atoms with Gasteiger partial charge >= 0.3 is 0 Å². The second-order valence-corrected chi connectivity index (χ2v) is 6.28. The zero-order chi connectivity index (χ0) is 15.5. The molecule has 0 atom stereocenters. The first-order valence-corrected chi connectivity index (χ1v) is 7.54. The van der Waals surface area contributed by atoms with E-state index in [1.165, 1.54) is 0 Å². The maximum Gasteiger partial charge on any atom is 0.242 e. The molecule has 2 fully saturated rings. The smallest absolute Gasteiger partial charge is 0.242 e. The van der Waals surface area contributed by atoms with Gasteiger partial charge in [-0.15, -0.1) is 0 Å². The molecule has 7 nitrogen and oxygen atoms in total. The molecular weight excluding hydrogens is 272 g/mol. The Labute approximate surface area is 126 Å². The zero-order valence-electron chi connectivity index (χ0n) is 13.0. The van der Waals surface area contributed by atoms with E-state index in [2.05, 4.69) is 4.90 Å². The van der Waals surface area contributed by atoms with E-state index in [0.29, 0.717) is 45.9 Å². The fourth-order valence-electron chi connectivity index (χ4n) is 2.62. The molecule has 0 bridgehead atoms. The van der Waals surface area contributed by atoms with Crippen molar-refractivity contribution in [3.63, 3.8) is 0 Å². The first-order valence-electron chi connectivity index (χ1n) is 7.54. The molecule has 0 aromatic rings. The molecule has 21 heavy (non-hydrogen) atoms. The summed E-state index contributed by atoms with van der Waals surface area (Å²) in [4.78, 5) is 30.0. The van der Waals surface area contributed by atoms with Crippen LogP contribution >= 0.6 is 0 Å². The van der Waals surface area contributed by atoms with Gasteiger partial charge in [-0.2, -0.15) is 0 Å². The van der Waals surface area contributed by atoms with E-state index in [-0.39, 0.29) is 11.8 Å². The molecule has 2 saturated heterocycles. The third-order valence-corrected chi connectivity index (χ3v) is 3.93. The second kappa shape index (κ2) is 6.72. The van der Waals surface area contributed by atoms with Crippen molar-refractivity contribution in [3.8, 4) is 0 Å². The number of carbonyl (C=O) groups excluding carboxylic acids is 2. The molecule has 0 radical (unpaired) electrons. The molecule has 0 saturated carbocycles. The summed E-state index contributed by atoms with van der Waals surface area (Å²) in [7, 11) is 0. The van der Waals surface area contributed by atoms with Gasteiger partial charge in [0.05, 0.1) is 25.3 Å². The van der Waals surface area contributed by atoms with Crippen LogP contribution in [0.5, 0.6) is 0 Å². The fourth-order valence-corrected chi connectivity index (χ4v) is 2.62. The van der Waals surface area contributed by atoms with Gasteiger partial charge in [-0.25, -0.2) is 0 Å². The monoisotopic (exact) mass is 298 g/mol. The molecule has 0 aromatic heterocycles. The summed E-state index contributed by atoms with van der Waals surface area (Å²) in [5.74, 6) is 0.124. The minimum Gasteiger partial charge on any atom is -0.378 e. The normalized spacial score (nSPS) is 21.5. The van der Waals surface area contributed by atoms with Gasteiger partial charge in [0, 0.05) is 39.3 Å². The lowest BCUT2D eigenvalue weighted by atomic mass is 10.0. The van der Waals surface area contributed by atoms with E-state index in [4.69, 9.17) is 10.5 Å². The maximum atomic E-state index is 12.2. The summed E-state index contributed by atoms with van der Waals surface area (Å²) in [6.45, 7) is 9.19. The lowest BCUT2D eigenvalue weighted by molar-refractivity contribution is -0.139. The van der Waals surface area contributed by atoms with Crippen LogP contribution < -0.4 is 5.73 Å². The Morgan fingerprint density at radius 3 is 2.10 bits per heavy atom. The van der Waals surface area contributed by atoms with Gasteiger partial charge in [0.2, 0.25) is 11.8 Å². The first kappa shape index (κ1) is 16.2. The van der Waals surface area contributed by atoms with Gasteiger partial charge in [-0.1, -0.05) is 0 Å². The number of hydrogen-bond acceptors (Lipinski definition) is 5. The van der Waals surface area contributed by atoms with Crippen molar-refractivity contribution in [1.82, 2.24) is 14.7 Å². The molecule has 0 spiro atoms. The van der Waals surface area contributed by atoms with Crippen LogP contribution in [0.1, 0.15) is 13.8 Å². The van der Waals surface area contributed by atoms with Crippen LogP contribution in [0.2, 0.25) is 0 Å². The summed E-state index contributed by atoms with van der Waals surface area (Å²) < 4.78 is 5.25. The number of ether oxygens (including phenoxy) is 1. The summed E-state index contributed by atoms with van der Waals surface area (Å²) in [5, 5.41) is 0. The largest absolute Gasteiger partial charge is 0.378 e. The van der Waals surface area contributed by atoms with Gasteiger partial charge in [0.25, 0.3) is 0 Å². The van der Waals surface area contributed by atoms with Gasteiger partial charge in [0.1, 0.15) is 0 Å². The van der Waals surface area contributed by atoms with Gasteiger partial charge in [0.15, 0.2) is 0 Å². The highest BCUT2D eigenvalue weighted by atomic mass is 16.5. The molecule has 0 unspecified atom stereocenters. The molecule has 0 aromatic carbocycles. The highest BCUT2D eigenvalue weighted by Crippen LogP contribution is 2.09. The predicted molar refractivity (Wildman–Crippen MR) is 78.7 cm³/mol. The van der Waals surface area contributed by atoms with Crippen molar-refractivity contribution in [2.45, 2.75) is 19.4 Å². The highest BCUT2D eigenvalue weighted by Gasteiger charge is 2.31. The Kier molecular flexibility index (Phi) is 5.18. The Hall–Kier alpha value is -1.18. The van der Waals surface area contributed by atoms with E-state index in [9.17, 15) is 9.59 Å². The molecule has 0 aliphatic carbocycles. The topological polar surface area (TPSA) is 79.1 Å². The first-order chi connectivity index (χ1) is 9.88. The Balaban J connectivity index is 1.76. The zero-order valence-corrected chi connectivity index (χ0v) is 13.0. The third kappa shape index (κ3) is 4.39. The average molecular weight is 298 g/mol. The minimum absolute atomic E-state index is 0.0262. The molecule has 2 heterocycles. The molecule has 2 amide bonds. The number of carbonyl (C=O) groups is 2. The summed E-state index contributed by atoms with van der Waals surface area (Å²) in [6.07, 6.45) is 0. The molecule has 2 rings (SSSR count). The van der Waals surface area contributed by atoms with E-state index >= 15 is 0 Å². The van der Waals surface area contributed by atoms with Crippen molar-refractivity contribution in [1.29, 1.82) is 0 Å². The Morgan fingerprint density at radius 1 is 1.00 bits per heavy atom. The number of morpholine rings is 1. The minimum atomic E-state index is -0.828. The lowest BCUT2D eigenvalue weighted by Crippen LogP contribution is -2.58. The van der Waals surface area contributed by atoms with Gasteiger partial charge < -0.3 is 20.3 Å². The van der Waals surface area contributed by atoms with E-state index in [1.54, 1.807) is 18.7 Å². The van der Waals surface area contributed by atoms with Crippen molar-refractivity contribution in [2.24, 2.45) is 5.73 Å². The van der Waals surface area contributed by atoms with Crippen LogP contribution in [0, 0.1) is 0 Å². The SMILES string of the molecule is CC(C)(N)C(=O)N1CCN(CC(=O)N2CCOCC2)CC1. The van der Waals surface area contributed by atoms with Crippen molar-refractivity contribution < 1.29 is 14.3 Å². The average Bonchev–Trinajstić information content (AvgIpc) is 2.47. The molecule has 2 aliphatic rings. The van der Waals surface area contributed by atoms with Crippen LogP contribution in [0.3, 0.4) is 0 Å². The maximum absolute atomic E-state index is 12.2. The molecule has 120 valence electrons. The van der Waals surface area contributed by atoms with Crippen molar-refractivity contribution >= 4 is 11.8 Å². The Morgan fingerprint density at radius 2 is 1.57 bits per heavy atom.